The minimum atomic E-state index is -0.586. The molecule has 0 saturated carbocycles. The molecule has 0 radical (unpaired) electrons. The maximum absolute atomic E-state index is 15.1. The number of hydrogen-bond donors (Lipinski definition) is 1. The zero-order valence-corrected chi connectivity index (χ0v) is 26.3. The van der Waals surface area contributed by atoms with Crippen molar-refractivity contribution in [1.29, 1.82) is 0 Å². The number of benzene rings is 2. The lowest BCUT2D eigenvalue weighted by Crippen LogP contribution is -2.39. The van der Waals surface area contributed by atoms with E-state index in [1.54, 1.807) is 34.1 Å². The van der Waals surface area contributed by atoms with Crippen molar-refractivity contribution in [2.24, 2.45) is 0 Å². The molecule has 43 heavy (non-hydrogen) atoms. The third-order valence-corrected chi connectivity index (χ3v) is 7.18. The summed E-state index contributed by atoms with van der Waals surface area (Å²) in [7, 11) is 0. The van der Waals surface area contributed by atoms with Crippen LogP contribution < -0.4 is 5.32 Å². The highest BCUT2D eigenvalue weighted by atomic mass is 35.5. The van der Waals surface area contributed by atoms with Crippen LogP contribution in [0.2, 0.25) is 5.02 Å². The molecule has 2 aromatic carbocycles. The van der Waals surface area contributed by atoms with Gasteiger partial charge in [-0.2, -0.15) is 0 Å². The van der Waals surface area contributed by atoms with E-state index in [0.717, 1.165) is 16.7 Å². The summed E-state index contributed by atoms with van der Waals surface area (Å²) in [4.78, 5) is 40.8. The Kier molecular flexibility index (Phi) is 9.54. The highest BCUT2D eigenvalue weighted by molar-refractivity contribution is 6.32. The van der Waals surface area contributed by atoms with Crippen LogP contribution >= 0.6 is 11.6 Å². The van der Waals surface area contributed by atoms with Crippen molar-refractivity contribution in [1.82, 2.24) is 9.80 Å². The van der Waals surface area contributed by atoms with Gasteiger partial charge in [0.1, 0.15) is 17.0 Å². The van der Waals surface area contributed by atoms with Crippen LogP contribution in [-0.2, 0) is 9.47 Å². The van der Waals surface area contributed by atoms with E-state index in [1.165, 1.54) is 6.07 Å². The van der Waals surface area contributed by atoms with E-state index >= 15 is 4.39 Å². The van der Waals surface area contributed by atoms with Crippen LogP contribution in [0.3, 0.4) is 0 Å². The minimum Gasteiger partial charge on any atom is -0.444 e. The molecule has 8 nitrogen and oxygen atoms in total. The fraction of sp³-hybridized carbons (Fsp3) is 0.424. The van der Waals surface area contributed by atoms with Crippen LogP contribution in [0, 0.1) is 5.82 Å². The zero-order chi connectivity index (χ0) is 31.5. The van der Waals surface area contributed by atoms with Gasteiger partial charge in [-0.05, 0) is 95.4 Å². The predicted octanol–water partition coefficient (Wildman–Crippen LogP) is 7.78. The summed E-state index contributed by atoms with van der Waals surface area (Å²) in [5.41, 5.74) is 2.51. The molecule has 2 aromatic rings. The lowest BCUT2D eigenvalue weighted by Gasteiger charge is -2.29. The van der Waals surface area contributed by atoms with Crippen molar-refractivity contribution < 1.29 is 28.2 Å². The van der Waals surface area contributed by atoms with Gasteiger partial charge in [0.25, 0.3) is 5.91 Å². The first kappa shape index (κ1) is 32.1. The van der Waals surface area contributed by atoms with Crippen molar-refractivity contribution in [3.8, 4) is 0 Å². The second-order valence-electron chi connectivity index (χ2n) is 12.7. The second kappa shape index (κ2) is 12.8. The molecule has 2 aliphatic heterocycles. The Balaban J connectivity index is 1.37. The van der Waals surface area contributed by atoms with Gasteiger partial charge < -0.3 is 24.6 Å². The summed E-state index contributed by atoms with van der Waals surface area (Å²) in [6.07, 6.45) is 4.11. The Morgan fingerprint density at radius 1 is 0.791 bits per heavy atom. The number of amides is 3. The molecule has 0 fully saturated rings. The molecule has 0 bridgehead atoms. The SMILES string of the molecule is CC(C)(C)OC(=O)N1CC=C(c2ccc(C(=O)Nc3ccc(C4=CCN(C(=O)OC(C)(C)C)CC4)c(Cl)c3)cc2F)CC1. The van der Waals surface area contributed by atoms with Crippen LogP contribution in [0.25, 0.3) is 11.1 Å². The van der Waals surface area contributed by atoms with Gasteiger partial charge in [0.15, 0.2) is 0 Å². The number of carbonyl (C=O) groups is 3. The second-order valence-corrected chi connectivity index (χ2v) is 13.1. The number of nitrogens with one attached hydrogen (secondary N) is 1. The number of hydrogen-bond acceptors (Lipinski definition) is 5. The molecule has 3 amide bonds. The molecule has 1 N–H and O–H groups in total. The van der Waals surface area contributed by atoms with E-state index in [1.807, 2.05) is 59.8 Å². The number of halogens is 2. The van der Waals surface area contributed by atoms with Crippen LogP contribution in [0.4, 0.5) is 19.7 Å². The Bertz CT molecular complexity index is 1470. The molecule has 4 rings (SSSR count). The van der Waals surface area contributed by atoms with Crippen molar-refractivity contribution in [2.45, 2.75) is 65.6 Å². The van der Waals surface area contributed by atoms with E-state index in [9.17, 15) is 14.4 Å². The summed E-state index contributed by atoms with van der Waals surface area (Å²) < 4.78 is 26.0. The van der Waals surface area contributed by atoms with Crippen molar-refractivity contribution >= 4 is 46.5 Å². The zero-order valence-electron chi connectivity index (χ0n) is 25.6. The average Bonchev–Trinajstić information content (AvgIpc) is 2.91. The Morgan fingerprint density at radius 3 is 1.74 bits per heavy atom. The lowest BCUT2D eigenvalue weighted by molar-refractivity contribution is 0.0260. The van der Waals surface area contributed by atoms with Gasteiger partial charge >= 0.3 is 12.2 Å². The molecule has 0 atom stereocenters. The van der Waals surface area contributed by atoms with Crippen molar-refractivity contribution in [3.05, 3.63) is 76.1 Å². The summed E-state index contributed by atoms with van der Waals surface area (Å²) in [5, 5.41) is 3.24. The third-order valence-electron chi connectivity index (χ3n) is 6.87. The number of ether oxygens (including phenoxy) is 2. The molecule has 230 valence electrons. The van der Waals surface area contributed by atoms with Crippen molar-refractivity contribution in [3.63, 3.8) is 0 Å². The van der Waals surface area contributed by atoms with Gasteiger partial charge in [-0.3, -0.25) is 4.79 Å². The fourth-order valence-corrected chi connectivity index (χ4v) is 5.09. The van der Waals surface area contributed by atoms with Gasteiger partial charge in [0.2, 0.25) is 0 Å². The molecular formula is C33H39ClFN3O5. The van der Waals surface area contributed by atoms with Crippen LogP contribution in [0.1, 0.15) is 75.9 Å². The van der Waals surface area contributed by atoms with Crippen LogP contribution in [-0.4, -0.2) is 65.3 Å². The number of carbonyl (C=O) groups excluding carboxylic acids is 3. The minimum absolute atomic E-state index is 0.172. The summed E-state index contributed by atoms with van der Waals surface area (Å²) in [5.74, 6) is -0.976. The molecule has 10 heteroatoms. The maximum atomic E-state index is 15.1. The molecule has 0 aliphatic carbocycles. The quantitative estimate of drug-likeness (QED) is 0.381. The van der Waals surface area contributed by atoms with E-state index in [2.05, 4.69) is 5.32 Å². The van der Waals surface area contributed by atoms with Gasteiger partial charge in [-0.15, -0.1) is 0 Å². The van der Waals surface area contributed by atoms with Crippen LogP contribution in [0.15, 0.2) is 48.6 Å². The smallest absolute Gasteiger partial charge is 0.410 e. The lowest BCUT2D eigenvalue weighted by atomic mass is 9.97. The van der Waals surface area contributed by atoms with Crippen LogP contribution in [0.5, 0.6) is 0 Å². The number of anilines is 1. The molecule has 0 saturated heterocycles. The summed E-state index contributed by atoms with van der Waals surface area (Å²) >= 11 is 6.58. The monoisotopic (exact) mass is 611 g/mol. The molecular weight excluding hydrogens is 573 g/mol. The largest absolute Gasteiger partial charge is 0.444 e. The molecule has 0 unspecified atom stereocenters. The van der Waals surface area contributed by atoms with E-state index in [-0.39, 0.29) is 11.7 Å². The Morgan fingerprint density at radius 2 is 1.30 bits per heavy atom. The van der Waals surface area contributed by atoms with Gasteiger partial charge in [-0.25, -0.2) is 14.0 Å². The Hall–Kier alpha value is -3.85. The fourth-order valence-electron chi connectivity index (χ4n) is 4.79. The molecule has 0 spiro atoms. The standard InChI is InChI=1S/C33H39ClFN3O5/c1-32(2,3)42-30(40)37-15-11-21(12-16-37)25-10-8-24(20-27(25)34)36-29(39)23-7-9-26(28(35)19-23)22-13-17-38(18-14-22)31(41)43-33(4,5)6/h7-11,13,19-20H,12,14-18H2,1-6H3,(H,36,39). The third kappa shape index (κ3) is 8.60. The molecule has 2 aliphatic rings. The highest BCUT2D eigenvalue weighted by Gasteiger charge is 2.26. The summed E-state index contributed by atoms with van der Waals surface area (Å²) in [6, 6.07) is 9.61. The number of rotatable bonds is 4. The van der Waals surface area contributed by atoms with Gasteiger partial charge in [0.05, 0.1) is 5.02 Å². The van der Waals surface area contributed by atoms with Crippen molar-refractivity contribution in [2.75, 3.05) is 31.5 Å². The Labute approximate surface area is 257 Å². The first-order valence-corrected chi connectivity index (χ1v) is 14.7. The van der Waals surface area contributed by atoms with Gasteiger partial charge in [0, 0.05) is 43.0 Å². The first-order chi connectivity index (χ1) is 20.1. The maximum Gasteiger partial charge on any atom is 0.410 e. The molecule has 0 aromatic heterocycles. The predicted molar refractivity (Wildman–Crippen MR) is 167 cm³/mol. The van der Waals surface area contributed by atoms with E-state index in [4.69, 9.17) is 21.1 Å². The summed E-state index contributed by atoms with van der Waals surface area (Å²) in [6.45, 7) is 12.6. The highest BCUT2D eigenvalue weighted by Crippen LogP contribution is 2.32. The first-order valence-electron chi connectivity index (χ1n) is 14.3. The topological polar surface area (TPSA) is 88.2 Å². The van der Waals surface area contributed by atoms with E-state index < -0.39 is 29.0 Å². The number of nitrogens with zero attached hydrogens (tertiary/aromatic N) is 2. The van der Waals surface area contributed by atoms with E-state index in [0.29, 0.717) is 55.3 Å². The average molecular weight is 612 g/mol. The molecule has 2 heterocycles. The normalized spacial score (nSPS) is 15.8. The van der Waals surface area contributed by atoms with Gasteiger partial charge in [-0.1, -0.05) is 35.9 Å².